The Kier molecular flexibility index (Phi) is 7.23. The molecule has 0 aromatic heterocycles. The molecule has 30 heavy (non-hydrogen) atoms. The standard InChI is InChI=1S/C21H25ClN2O5S/c1-28-17-11-15(12-18(14-17)29-2)5-8-21(25)23-16-6-7-19(22)20(13-16)30(26,27)24-9-3-4-10-24/h6-7,11-14H,3-5,8-10H2,1-2H3,(H,23,25). The Morgan fingerprint density at radius 1 is 1.07 bits per heavy atom. The molecule has 1 N–H and O–H groups in total. The zero-order valence-electron chi connectivity index (χ0n) is 17.0. The minimum absolute atomic E-state index is 0.0152. The summed E-state index contributed by atoms with van der Waals surface area (Å²) in [5.74, 6) is 1.07. The highest BCUT2D eigenvalue weighted by Gasteiger charge is 2.29. The molecule has 1 heterocycles. The van der Waals surface area contributed by atoms with Gasteiger partial charge in [0.1, 0.15) is 16.4 Å². The van der Waals surface area contributed by atoms with Crippen molar-refractivity contribution in [3.8, 4) is 11.5 Å². The molecule has 0 radical (unpaired) electrons. The number of ether oxygens (including phenoxy) is 2. The molecule has 3 rings (SSSR count). The zero-order chi connectivity index (χ0) is 21.7. The van der Waals surface area contributed by atoms with Gasteiger partial charge in [0.15, 0.2) is 0 Å². The van der Waals surface area contributed by atoms with Crippen LogP contribution in [-0.2, 0) is 21.2 Å². The molecular formula is C21H25ClN2O5S. The van der Waals surface area contributed by atoms with Crippen LogP contribution in [0.2, 0.25) is 5.02 Å². The summed E-state index contributed by atoms with van der Waals surface area (Å²) in [5, 5.41) is 2.90. The Labute approximate surface area is 182 Å². The first-order valence-corrected chi connectivity index (χ1v) is 11.5. The molecule has 1 fully saturated rings. The van der Waals surface area contributed by atoms with Gasteiger partial charge in [-0.2, -0.15) is 4.31 Å². The van der Waals surface area contributed by atoms with Crippen molar-refractivity contribution in [2.75, 3.05) is 32.6 Å². The fourth-order valence-corrected chi connectivity index (χ4v) is 5.36. The van der Waals surface area contributed by atoms with Gasteiger partial charge in [-0.1, -0.05) is 11.6 Å². The molecule has 0 bridgehead atoms. The minimum Gasteiger partial charge on any atom is -0.497 e. The summed E-state index contributed by atoms with van der Waals surface area (Å²) in [4.78, 5) is 12.4. The first-order valence-electron chi connectivity index (χ1n) is 9.65. The predicted molar refractivity (Wildman–Crippen MR) is 116 cm³/mol. The van der Waals surface area contributed by atoms with E-state index in [9.17, 15) is 13.2 Å². The lowest BCUT2D eigenvalue weighted by atomic mass is 10.1. The third kappa shape index (κ3) is 5.24. The summed E-state index contributed by atoms with van der Waals surface area (Å²) in [6.45, 7) is 0.971. The quantitative estimate of drug-likeness (QED) is 0.659. The molecule has 1 amide bonds. The molecule has 0 atom stereocenters. The number of nitrogens with zero attached hydrogens (tertiary/aromatic N) is 1. The van der Waals surface area contributed by atoms with Gasteiger partial charge in [0.2, 0.25) is 15.9 Å². The van der Waals surface area contributed by atoms with Gasteiger partial charge in [-0.05, 0) is 55.2 Å². The van der Waals surface area contributed by atoms with Crippen molar-refractivity contribution in [3.63, 3.8) is 0 Å². The molecule has 0 spiro atoms. The monoisotopic (exact) mass is 452 g/mol. The Bertz CT molecular complexity index is 998. The second-order valence-electron chi connectivity index (χ2n) is 7.03. The Balaban J connectivity index is 1.69. The van der Waals surface area contributed by atoms with E-state index in [1.54, 1.807) is 26.4 Å². The smallest absolute Gasteiger partial charge is 0.244 e. The van der Waals surface area contributed by atoms with E-state index in [1.165, 1.54) is 16.4 Å². The van der Waals surface area contributed by atoms with Gasteiger partial charge >= 0.3 is 0 Å². The Morgan fingerprint density at radius 3 is 2.30 bits per heavy atom. The number of halogens is 1. The van der Waals surface area contributed by atoms with Crippen molar-refractivity contribution in [1.29, 1.82) is 0 Å². The number of amides is 1. The van der Waals surface area contributed by atoms with Crippen LogP contribution in [0.15, 0.2) is 41.3 Å². The molecule has 1 saturated heterocycles. The van der Waals surface area contributed by atoms with Crippen molar-refractivity contribution in [2.24, 2.45) is 0 Å². The van der Waals surface area contributed by atoms with E-state index in [1.807, 2.05) is 12.1 Å². The third-order valence-electron chi connectivity index (χ3n) is 4.95. The number of rotatable bonds is 8. The zero-order valence-corrected chi connectivity index (χ0v) is 18.6. The van der Waals surface area contributed by atoms with Crippen molar-refractivity contribution < 1.29 is 22.7 Å². The highest BCUT2D eigenvalue weighted by atomic mass is 35.5. The van der Waals surface area contributed by atoms with Crippen LogP contribution >= 0.6 is 11.6 Å². The molecule has 2 aromatic rings. The maximum atomic E-state index is 12.8. The first kappa shape index (κ1) is 22.4. The van der Waals surface area contributed by atoms with Crippen LogP contribution in [0.5, 0.6) is 11.5 Å². The average molecular weight is 453 g/mol. The minimum atomic E-state index is -3.68. The number of benzene rings is 2. The van der Waals surface area contributed by atoms with Gasteiger partial charge in [0.25, 0.3) is 0 Å². The van der Waals surface area contributed by atoms with Gasteiger partial charge in [0.05, 0.1) is 19.2 Å². The van der Waals surface area contributed by atoms with Crippen LogP contribution in [0.3, 0.4) is 0 Å². The number of methoxy groups -OCH3 is 2. The lowest BCUT2D eigenvalue weighted by molar-refractivity contribution is -0.116. The van der Waals surface area contributed by atoms with Gasteiger partial charge in [0, 0.05) is 31.3 Å². The summed E-state index contributed by atoms with van der Waals surface area (Å²) in [7, 11) is -0.538. The van der Waals surface area contributed by atoms with Crippen LogP contribution in [0.25, 0.3) is 0 Å². The number of aryl methyl sites for hydroxylation is 1. The van der Waals surface area contributed by atoms with E-state index in [2.05, 4.69) is 5.32 Å². The van der Waals surface area contributed by atoms with Crippen LogP contribution in [0.1, 0.15) is 24.8 Å². The fourth-order valence-electron chi connectivity index (χ4n) is 3.34. The highest BCUT2D eigenvalue weighted by molar-refractivity contribution is 7.89. The number of nitrogens with one attached hydrogen (secondary N) is 1. The maximum Gasteiger partial charge on any atom is 0.244 e. The molecule has 0 saturated carbocycles. The van der Waals surface area contributed by atoms with Crippen LogP contribution in [-0.4, -0.2) is 45.9 Å². The van der Waals surface area contributed by atoms with E-state index in [-0.39, 0.29) is 22.2 Å². The lowest BCUT2D eigenvalue weighted by Gasteiger charge is -2.17. The second kappa shape index (κ2) is 9.68. The Morgan fingerprint density at radius 2 is 1.70 bits per heavy atom. The largest absolute Gasteiger partial charge is 0.497 e. The van der Waals surface area contributed by atoms with Crippen molar-refractivity contribution in [3.05, 3.63) is 47.0 Å². The molecule has 162 valence electrons. The van der Waals surface area contributed by atoms with Crippen LogP contribution in [0.4, 0.5) is 5.69 Å². The maximum absolute atomic E-state index is 12.8. The fraction of sp³-hybridized carbons (Fsp3) is 0.381. The number of carbonyl (C=O) groups is 1. The van der Waals surface area contributed by atoms with E-state index >= 15 is 0 Å². The molecule has 7 nitrogen and oxygen atoms in total. The van der Waals surface area contributed by atoms with Crippen LogP contribution < -0.4 is 14.8 Å². The average Bonchev–Trinajstić information content (AvgIpc) is 3.29. The van der Waals surface area contributed by atoms with Gasteiger partial charge in [-0.15, -0.1) is 0 Å². The van der Waals surface area contributed by atoms with Gasteiger partial charge < -0.3 is 14.8 Å². The number of sulfonamides is 1. The van der Waals surface area contributed by atoms with Crippen molar-refractivity contribution in [2.45, 2.75) is 30.6 Å². The normalized spacial score (nSPS) is 14.5. The van der Waals surface area contributed by atoms with E-state index in [4.69, 9.17) is 21.1 Å². The molecule has 1 aliphatic heterocycles. The topological polar surface area (TPSA) is 84.9 Å². The molecule has 1 aliphatic rings. The molecule has 0 aliphatic carbocycles. The highest BCUT2D eigenvalue weighted by Crippen LogP contribution is 2.30. The number of hydrogen-bond acceptors (Lipinski definition) is 5. The summed E-state index contributed by atoms with van der Waals surface area (Å²) in [6, 6.07) is 9.96. The third-order valence-corrected chi connectivity index (χ3v) is 7.33. The molecular weight excluding hydrogens is 428 g/mol. The lowest BCUT2D eigenvalue weighted by Crippen LogP contribution is -2.28. The van der Waals surface area contributed by atoms with Crippen molar-refractivity contribution in [1.82, 2.24) is 4.31 Å². The summed E-state index contributed by atoms with van der Waals surface area (Å²) in [5.41, 5.74) is 1.29. The van der Waals surface area contributed by atoms with E-state index < -0.39 is 10.0 Å². The second-order valence-corrected chi connectivity index (χ2v) is 9.34. The predicted octanol–water partition coefficient (Wildman–Crippen LogP) is 3.71. The SMILES string of the molecule is COc1cc(CCC(=O)Nc2ccc(Cl)c(S(=O)(=O)N3CCCC3)c2)cc(OC)c1. The number of anilines is 1. The van der Waals surface area contributed by atoms with Crippen LogP contribution in [0, 0.1) is 0 Å². The van der Waals surface area contributed by atoms with E-state index in [0.29, 0.717) is 36.7 Å². The van der Waals surface area contributed by atoms with E-state index in [0.717, 1.165) is 18.4 Å². The summed E-state index contributed by atoms with van der Waals surface area (Å²) in [6.07, 6.45) is 2.36. The van der Waals surface area contributed by atoms with Gasteiger partial charge in [-0.3, -0.25) is 4.79 Å². The molecule has 9 heteroatoms. The molecule has 2 aromatic carbocycles. The first-order chi connectivity index (χ1) is 14.3. The number of hydrogen-bond donors (Lipinski definition) is 1. The number of carbonyl (C=O) groups excluding carboxylic acids is 1. The Hall–Kier alpha value is -2.29. The summed E-state index contributed by atoms with van der Waals surface area (Å²) >= 11 is 6.15. The van der Waals surface area contributed by atoms with Crippen molar-refractivity contribution >= 4 is 33.2 Å². The van der Waals surface area contributed by atoms with Gasteiger partial charge in [-0.25, -0.2) is 8.42 Å². The molecule has 0 unspecified atom stereocenters. The summed E-state index contributed by atoms with van der Waals surface area (Å²) < 4.78 is 37.6.